The maximum absolute atomic E-state index is 12.3. The van der Waals surface area contributed by atoms with Crippen molar-refractivity contribution >= 4 is 23.2 Å². The molecule has 0 radical (unpaired) electrons. The predicted molar refractivity (Wildman–Crippen MR) is 76.1 cm³/mol. The second kappa shape index (κ2) is 7.94. The minimum Gasteiger partial charge on any atom is -0.469 e. The Kier molecular flexibility index (Phi) is 6.56. The van der Waals surface area contributed by atoms with E-state index in [1.54, 1.807) is 16.2 Å². The van der Waals surface area contributed by atoms with Gasteiger partial charge in [-0.2, -0.15) is 0 Å². The lowest BCUT2D eigenvalue weighted by Gasteiger charge is -2.28. The molecule has 0 saturated heterocycles. The van der Waals surface area contributed by atoms with E-state index in [1.165, 1.54) is 7.11 Å². The molecule has 0 aliphatic rings. The van der Waals surface area contributed by atoms with Gasteiger partial charge in [-0.1, -0.05) is 13.0 Å². The zero-order valence-electron chi connectivity index (χ0n) is 11.7. The largest absolute Gasteiger partial charge is 0.469 e. The minimum atomic E-state index is -0.280. The van der Waals surface area contributed by atoms with Crippen molar-refractivity contribution in [2.24, 2.45) is 0 Å². The minimum absolute atomic E-state index is 0.0701. The first-order valence-electron chi connectivity index (χ1n) is 6.47. The van der Waals surface area contributed by atoms with Crippen molar-refractivity contribution in [3.05, 3.63) is 22.4 Å². The first kappa shape index (κ1) is 15.7. The first-order chi connectivity index (χ1) is 9.08. The van der Waals surface area contributed by atoms with Crippen molar-refractivity contribution in [1.82, 2.24) is 4.90 Å². The van der Waals surface area contributed by atoms with E-state index in [1.807, 2.05) is 31.4 Å². The summed E-state index contributed by atoms with van der Waals surface area (Å²) in [6.07, 6.45) is 1.53. The molecule has 1 aromatic heterocycles. The van der Waals surface area contributed by atoms with Gasteiger partial charge in [-0.15, -0.1) is 11.3 Å². The van der Waals surface area contributed by atoms with Crippen LogP contribution in [-0.2, 0) is 20.7 Å². The number of hydrogen-bond donors (Lipinski definition) is 0. The number of methoxy groups -OCH3 is 1. The summed E-state index contributed by atoms with van der Waals surface area (Å²) in [5.41, 5.74) is 0. The maximum atomic E-state index is 12.3. The zero-order valence-corrected chi connectivity index (χ0v) is 12.5. The average molecular weight is 283 g/mol. The lowest BCUT2D eigenvalue weighted by atomic mass is 10.2. The van der Waals surface area contributed by atoms with Crippen LogP contribution in [0.1, 0.15) is 31.6 Å². The Morgan fingerprint density at radius 3 is 2.74 bits per heavy atom. The van der Waals surface area contributed by atoms with Gasteiger partial charge in [0.2, 0.25) is 5.91 Å². The Morgan fingerprint density at radius 2 is 2.21 bits per heavy atom. The molecule has 19 heavy (non-hydrogen) atoms. The number of carbonyl (C=O) groups is 2. The van der Waals surface area contributed by atoms with Crippen LogP contribution in [0.3, 0.4) is 0 Å². The molecule has 0 saturated carbocycles. The van der Waals surface area contributed by atoms with Crippen LogP contribution >= 0.6 is 11.3 Å². The van der Waals surface area contributed by atoms with Crippen molar-refractivity contribution in [2.45, 2.75) is 39.2 Å². The van der Waals surface area contributed by atoms with Gasteiger partial charge in [0.15, 0.2) is 0 Å². The molecule has 1 amide bonds. The summed E-state index contributed by atoms with van der Waals surface area (Å²) in [4.78, 5) is 26.3. The fourth-order valence-corrected chi connectivity index (χ4v) is 2.48. The molecule has 0 aromatic carbocycles. The van der Waals surface area contributed by atoms with Gasteiger partial charge < -0.3 is 9.64 Å². The molecule has 1 rings (SSSR count). The Labute approximate surface area is 118 Å². The van der Waals surface area contributed by atoms with Gasteiger partial charge >= 0.3 is 5.97 Å². The van der Waals surface area contributed by atoms with E-state index in [4.69, 9.17) is 0 Å². The van der Waals surface area contributed by atoms with Gasteiger partial charge in [0.25, 0.3) is 0 Å². The van der Waals surface area contributed by atoms with Crippen LogP contribution in [0.4, 0.5) is 0 Å². The number of hydrogen-bond acceptors (Lipinski definition) is 4. The maximum Gasteiger partial charge on any atom is 0.307 e. The number of rotatable bonds is 7. The Hall–Kier alpha value is -1.36. The van der Waals surface area contributed by atoms with Crippen molar-refractivity contribution < 1.29 is 14.3 Å². The third kappa shape index (κ3) is 5.03. The fraction of sp³-hybridized carbons (Fsp3) is 0.571. The summed E-state index contributed by atoms with van der Waals surface area (Å²) < 4.78 is 4.62. The van der Waals surface area contributed by atoms with Crippen molar-refractivity contribution in [3.8, 4) is 0 Å². The molecule has 0 spiro atoms. The molecule has 4 nitrogen and oxygen atoms in total. The lowest BCUT2D eigenvalue weighted by molar-refractivity contribution is -0.142. The van der Waals surface area contributed by atoms with Crippen LogP contribution < -0.4 is 0 Å². The molecule has 0 fully saturated rings. The molecular formula is C14H21NO3S. The van der Waals surface area contributed by atoms with E-state index in [2.05, 4.69) is 4.74 Å². The smallest absolute Gasteiger partial charge is 0.307 e. The standard InChI is InChI=1S/C14H21NO3S/c1-4-11(2)15(8-7-14(17)18-3)13(16)10-12-6-5-9-19-12/h5-6,9,11H,4,7-8,10H2,1-3H3. The lowest BCUT2D eigenvalue weighted by Crippen LogP contribution is -2.40. The Morgan fingerprint density at radius 1 is 1.47 bits per heavy atom. The number of carbonyl (C=O) groups excluding carboxylic acids is 2. The van der Waals surface area contributed by atoms with Crippen LogP contribution in [-0.4, -0.2) is 36.5 Å². The first-order valence-corrected chi connectivity index (χ1v) is 7.35. The molecule has 0 N–H and O–H groups in total. The fourth-order valence-electron chi connectivity index (χ4n) is 1.79. The number of esters is 1. The molecule has 0 aliphatic carbocycles. The normalized spacial score (nSPS) is 11.9. The second-order valence-electron chi connectivity index (χ2n) is 4.43. The molecule has 1 aromatic rings. The van der Waals surface area contributed by atoms with Crippen molar-refractivity contribution in [1.29, 1.82) is 0 Å². The number of thiophene rings is 1. The third-order valence-electron chi connectivity index (χ3n) is 3.13. The third-order valence-corrected chi connectivity index (χ3v) is 4.01. The molecule has 0 aliphatic heterocycles. The van der Waals surface area contributed by atoms with E-state index >= 15 is 0 Å². The molecule has 106 valence electrons. The summed E-state index contributed by atoms with van der Waals surface area (Å²) in [5.74, 6) is -0.210. The molecular weight excluding hydrogens is 262 g/mol. The molecule has 5 heteroatoms. The summed E-state index contributed by atoms with van der Waals surface area (Å²) in [7, 11) is 1.36. The van der Waals surface area contributed by atoms with Gasteiger partial charge in [0.05, 0.1) is 20.0 Å². The number of nitrogens with zero attached hydrogens (tertiary/aromatic N) is 1. The van der Waals surface area contributed by atoms with E-state index in [0.29, 0.717) is 13.0 Å². The van der Waals surface area contributed by atoms with Crippen molar-refractivity contribution in [3.63, 3.8) is 0 Å². The van der Waals surface area contributed by atoms with Crippen LogP contribution in [0.15, 0.2) is 17.5 Å². The quantitative estimate of drug-likeness (QED) is 0.722. The van der Waals surface area contributed by atoms with Gasteiger partial charge in [-0.3, -0.25) is 9.59 Å². The highest BCUT2D eigenvalue weighted by atomic mass is 32.1. The molecule has 1 atom stereocenters. The van der Waals surface area contributed by atoms with E-state index in [0.717, 1.165) is 11.3 Å². The van der Waals surface area contributed by atoms with Crippen molar-refractivity contribution in [2.75, 3.05) is 13.7 Å². The van der Waals surface area contributed by atoms with E-state index < -0.39 is 0 Å². The van der Waals surface area contributed by atoms with Crippen LogP contribution in [0.2, 0.25) is 0 Å². The summed E-state index contributed by atoms with van der Waals surface area (Å²) in [6.45, 7) is 4.46. The van der Waals surface area contributed by atoms with Crippen LogP contribution in [0.5, 0.6) is 0 Å². The van der Waals surface area contributed by atoms with Crippen LogP contribution in [0.25, 0.3) is 0 Å². The predicted octanol–water partition coefficient (Wildman–Crippen LogP) is 2.48. The highest BCUT2D eigenvalue weighted by Crippen LogP contribution is 2.13. The van der Waals surface area contributed by atoms with Gasteiger partial charge in [0, 0.05) is 17.5 Å². The van der Waals surface area contributed by atoms with Gasteiger partial charge in [0.1, 0.15) is 0 Å². The average Bonchev–Trinajstić information content (AvgIpc) is 2.90. The van der Waals surface area contributed by atoms with Gasteiger partial charge in [-0.05, 0) is 24.8 Å². The summed E-state index contributed by atoms with van der Waals surface area (Å²) >= 11 is 1.58. The SMILES string of the molecule is CCC(C)N(CCC(=O)OC)C(=O)Cc1cccs1. The number of amides is 1. The van der Waals surface area contributed by atoms with Crippen LogP contribution in [0, 0.1) is 0 Å². The second-order valence-corrected chi connectivity index (χ2v) is 5.46. The molecule has 1 heterocycles. The topological polar surface area (TPSA) is 46.6 Å². The zero-order chi connectivity index (χ0) is 14.3. The summed E-state index contributed by atoms with van der Waals surface area (Å²) in [6, 6.07) is 4.03. The highest BCUT2D eigenvalue weighted by molar-refractivity contribution is 7.10. The molecule has 0 bridgehead atoms. The summed E-state index contributed by atoms with van der Waals surface area (Å²) in [5, 5.41) is 1.96. The Bertz CT molecular complexity index is 403. The molecule has 1 unspecified atom stereocenters. The highest BCUT2D eigenvalue weighted by Gasteiger charge is 2.20. The number of ether oxygens (including phenoxy) is 1. The van der Waals surface area contributed by atoms with E-state index in [-0.39, 0.29) is 24.3 Å². The van der Waals surface area contributed by atoms with Gasteiger partial charge in [-0.25, -0.2) is 0 Å². The Balaban J connectivity index is 2.62. The monoisotopic (exact) mass is 283 g/mol. The van der Waals surface area contributed by atoms with E-state index in [9.17, 15) is 9.59 Å².